The Kier molecular flexibility index (Phi) is 10.3. The molecular formula is C41H45N3O7. The highest BCUT2D eigenvalue weighted by Crippen LogP contribution is 2.58. The maximum atomic E-state index is 14.8. The first-order valence-corrected chi connectivity index (χ1v) is 17.2. The second kappa shape index (κ2) is 14.7. The maximum Gasteiger partial charge on any atom is 0.264 e. The summed E-state index contributed by atoms with van der Waals surface area (Å²) in [7, 11) is 1.57. The fourth-order valence-corrected chi connectivity index (χ4v) is 7.78. The van der Waals surface area contributed by atoms with Crippen molar-refractivity contribution in [2.45, 2.75) is 57.6 Å². The van der Waals surface area contributed by atoms with Gasteiger partial charge in [0.05, 0.1) is 44.1 Å². The lowest BCUT2D eigenvalue weighted by molar-refractivity contribution is -0.150. The molecule has 0 saturated carbocycles. The average molecular weight is 692 g/mol. The SMILES string of the molecule is COc1ccc(C(=O)Nc2cccc(CN3C(=O)[C@@]4(O[C@@H](CC(=O)N(CCO)Cc5ccccc5)[C@H](C(C)(C)O)[C@H]4C)c4ccccc43)c2)cc1. The summed E-state index contributed by atoms with van der Waals surface area (Å²) >= 11 is 0. The molecule has 0 aliphatic carbocycles. The van der Waals surface area contributed by atoms with E-state index in [1.165, 1.54) is 0 Å². The molecule has 1 fully saturated rings. The standard InChI is InChI=1S/C41H45N3O7/c1-27-37(40(2,3)49)35(24-36(46)43(21-22-45)25-28-11-6-5-7-12-28)51-41(27)33-15-8-9-16-34(33)44(39(41)48)26-29-13-10-14-31(23-29)42-38(47)30-17-19-32(50-4)20-18-30/h5-20,23,27,35,37,45,49H,21-22,24-26H2,1-4H3,(H,42,47)/t27-,35+,37-,41+/m1/s1. The summed E-state index contributed by atoms with van der Waals surface area (Å²) in [4.78, 5) is 44.9. The number of benzene rings is 4. The van der Waals surface area contributed by atoms with Crippen molar-refractivity contribution in [3.05, 3.63) is 125 Å². The number of para-hydroxylation sites is 1. The molecule has 10 heteroatoms. The highest BCUT2D eigenvalue weighted by Gasteiger charge is 2.66. The third-order valence-corrected chi connectivity index (χ3v) is 10.1. The average Bonchev–Trinajstić information content (AvgIpc) is 3.54. The van der Waals surface area contributed by atoms with Crippen molar-refractivity contribution in [3.63, 3.8) is 0 Å². The van der Waals surface area contributed by atoms with Gasteiger partial charge in [0, 0.05) is 41.7 Å². The quantitative estimate of drug-likeness (QED) is 0.179. The monoisotopic (exact) mass is 691 g/mol. The number of hydrogen-bond acceptors (Lipinski definition) is 7. The van der Waals surface area contributed by atoms with Gasteiger partial charge in [-0.3, -0.25) is 14.4 Å². The molecule has 0 radical (unpaired) electrons. The van der Waals surface area contributed by atoms with Crippen LogP contribution in [0.4, 0.5) is 11.4 Å². The van der Waals surface area contributed by atoms with E-state index in [0.29, 0.717) is 34.8 Å². The van der Waals surface area contributed by atoms with E-state index in [0.717, 1.165) is 11.1 Å². The largest absolute Gasteiger partial charge is 0.497 e. The smallest absolute Gasteiger partial charge is 0.264 e. The molecule has 3 amide bonds. The van der Waals surface area contributed by atoms with Crippen molar-refractivity contribution in [3.8, 4) is 5.75 Å². The molecule has 0 aromatic heterocycles. The Morgan fingerprint density at radius 2 is 1.65 bits per heavy atom. The molecule has 2 heterocycles. The van der Waals surface area contributed by atoms with Crippen LogP contribution in [0.5, 0.6) is 5.75 Å². The minimum atomic E-state index is -1.44. The lowest BCUT2D eigenvalue weighted by atomic mass is 9.71. The van der Waals surface area contributed by atoms with E-state index in [-0.39, 0.29) is 43.8 Å². The number of nitrogens with zero attached hydrogens (tertiary/aromatic N) is 2. The normalized spacial score (nSPS) is 21.1. The summed E-state index contributed by atoms with van der Waals surface area (Å²) < 4.78 is 12.0. The van der Waals surface area contributed by atoms with E-state index in [1.807, 2.05) is 79.7 Å². The third kappa shape index (κ3) is 7.12. The molecule has 4 aromatic rings. The van der Waals surface area contributed by atoms with Crippen LogP contribution >= 0.6 is 0 Å². The molecule has 6 rings (SSSR count). The molecule has 2 aliphatic rings. The number of anilines is 2. The first-order chi connectivity index (χ1) is 24.5. The number of rotatable bonds is 12. The van der Waals surface area contributed by atoms with E-state index in [1.54, 1.807) is 61.1 Å². The summed E-state index contributed by atoms with van der Waals surface area (Å²) in [5, 5.41) is 24.3. The topological polar surface area (TPSA) is 129 Å². The number of ether oxygens (including phenoxy) is 2. The van der Waals surface area contributed by atoms with Crippen LogP contribution in [0.15, 0.2) is 103 Å². The molecule has 1 spiro atoms. The number of fused-ring (bicyclic) bond motifs is 2. The molecule has 0 unspecified atom stereocenters. The fourth-order valence-electron chi connectivity index (χ4n) is 7.78. The molecule has 51 heavy (non-hydrogen) atoms. The lowest BCUT2D eigenvalue weighted by Crippen LogP contribution is -2.46. The van der Waals surface area contributed by atoms with Crippen molar-refractivity contribution in [1.29, 1.82) is 0 Å². The molecule has 1 saturated heterocycles. The lowest BCUT2D eigenvalue weighted by Gasteiger charge is -2.34. The molecule has 10 nitrogen and oxygen atoms in total. The van der Waals surface area contributed by atoms with E-state index in [9.17, 15) is 24.6 Å². The summed E-state index contributed by atoms with van der Waals surface area (Å²) in [5.74, 6) is -1.19. The van der Waals surface area contributed by atoms with Crippen LogP contribution in [0.1, 0.15) is 54.2 Å². The van der Waals surface area contributed by atoms with Crippen LogP contribution < -0.4 is 15.0 Å². The van der Waals surface area contributed by atoms with Crippen LogP contribution in [-0.2, 0) is 33.0 Å². The third-order valence-electron chi connectivity index (χ3n) is 10.1. The minimum absolute atomic E-state index is 0.0705. The van der Waals surface area contributed by atoms with Crippen molar-refractivity contribution < 1.29 is 34.1 Å². The Hall–Kier alpha value is -5.03. The molecule has 3 N–H and O–H groups in total. The Balaban J connectivity index is 1.26. The predicted octanol–water partition coefficient (Wildman–Crippen LogP) is 5.52. The van der Waals surface area contributed by atoms with Crippen molar-refractivity contribution in [2.75, 3.05) is 30.5 Å². The molecule has 266 valence electrons. The zero-order chi connectivity index (χ0) is 36.3. The molecular weight excluding hydrogens is 646 g/mol. The van der Waals surface area contributed by atoms with E-state index < -0.39 is 29.1 Å². The zero-order valence-corrected chi connectivity index (χ0v) is 29.4. The van der Waals surface area contributed by atoms with Gasteiger partial charge in [-0.05, 0) is 67.4 Å². The fraction of sp³-hybridized carbons (Fsp3) is 0.341. The number of carbonyl (C=O) groups excluding carboxylic acids is 3. The van der Waals surface area contributed by atoms with Gasteiger partial charge in [-0.25, -0.2) is 0 Å². The van der Waals surface area contributed by atoms with Gasteiger partial charge >= 0.3 is 0 Å². The van der Waals surface area contributed by atoms with Gasteiger partial charge < -0.3 is 34.8 Å². The second-order valence-corrected chi connectivity index (χ2v) is 13.9. The van der Waals surface area contributed by atoms with Gasteiger partial charge in [0.15, 0.2) is 5.60 Å². The molecule has 0 bridgehead atoms. The number of nitrogens with one attached hydrogen (secondary N) is 1. The first-order valence-electron chi connectivity index (χ1n) is 17.2. The Bertz CT molecular complexity index is 1870. The van der Waals surface area contributed by atoms with Crippen molar-refractivity contribution >= 4 is 29.1 Å². The van der Waals surface area contributed by atoms with E-state index in [2.05, 4.69) is 5.32 Å². The van der Waals surface area contributed by atoms with Gasteiger partial charge in [-0.2, -0.15) is 0 Å². The van der Waals surface area contributed by atoms with Gasteiger partial charge in [-0.1, -0.05) is 67.6 Å². The van der Waals surface area contributed by atoms with E-state index in [4.69, 9.17) is 9.47 Å². The van der Waals surface area contributed by atoms with Crippen molar-refractivity contribution in [2.24, 2.45) is 11.8 Å². The van der Waals surface area contributed by atoms with Crippen LogP contribution in [0.2, 0.25) is 0 Å². The summed E-state index contributed by atoms with van der Waals surface area (Å²) in [6.45, 7) is 5.76. The Morgan fingerprint density at radius 3 is 2.33 bits per heavy atom. The van der Waals surface area contributed by atoms with Gasteiger partial charge in [0.25, 0.3) is 11.8 Å². The highest BCUT2D eigenvalue weighted by molar-refractivity contribution is 6.08. The summed E-state index contributed by atoms with van der Waals surface area (Å²) in [5.41, 5.74) is 1.43. The van der Waals surface area contributed by atoms with Gasteiger partial charge in [-0.15, -0.1) is 0 Å². The second-order valence-electron chi connectivity index (χ2n) is 13.9. The number of methoxy groups -OCH3 is 1. The summed E-state index contributed by atoms with van der Waals surface area (Å²) in [6.07, 6.45) is -0.850. The van der Waals surface area contributed by atoms with E-state index >= 15 is 0 Å². The van der Waals surface area contributed by atoms with Crippen LogP contribution in [-0.4, -0.2) is 64.8 Å². The number of hydrogen-bond donors (Lipinski definition) is 3. The first kappa shape index (κ1) is 35.8. The molecule has 4 aromatic carbocycles. The number of amides is 3. The Labute approximate surface area is 298 Å². The van der Waals surface area contributed by atoms with Crippen LogP contribution in [0, 0.1) is 11.8 Å². The predicted molar refractivity (Wildman–Crippen MR) is 194 cm³/mol. The van der Waals surface area contributed by atoms with Gasteiger partial charge in [0.1, 0.15) is 5.75 Å². The molecule has 2 aliphatic heterocycles. The maximum absolute atomic E-state index is 14.8. The zero-order valence-electron chi connectivity index (χ0n) is 29.4. The van der Waals surface area contributed by atoms with Crippen LogP contribution in [0.3, 0.4) is 0 Å². The van der Waals surface area contributed by atoms with Crippen molar-refractivity contribution in [1.82, 2.24) is 4.90 Å². The number of carbonyl (C=O) groups is 3. The number of aliphatic hydroxyl groups excluding tert-OH is 1. The number of aliphatic hydroxyl groups is 2. The van der Waals surface area contributed by atoms with Crippen LogP contribution in [0.25, 0.3) is 0 Å². The summed E-state index contributed by atoms with van der Waals surface area (Å²) in [6, 6.07) is 31.2. The highest BCUT2D eigenvalue weighted by atomic mass is 16.5. The molecule has 4 atom stereocenters. The van der Waals surface area contributed by atoms with Gasteiger partial charge in [0.2, 0.25) is 5.91 Å². The Morgan fingerprint density at radius 1 is 0.961 bits per heavy atom. The minimum Gasteiger partial charge on any atom is -0.497 e.